The molecule has 0 spiro atoms. The second kappa shape index (κ2) is 4.97. The highest BCUT2D eigenvalue weighted by Crippen LogP contribution is 2.42. The van der Waals surface area contributed by atoms with Gasteiger partial charge in [0.25, 0.3) is 0 Å². The fourth-order valence-electron chi connectivity index (χ4n) is 1.07. The van der Waals surface area contributed by atoms with Crippen LogP contribution in [-0.4, -0.2) is 22.0 Å². The van der Waals surface area contributed by atoms with E-state index in [1.165, 1.54) is 28.7 Å². The Morgan fingerprint density at radius 3 is 2.50 bits per heavy atom. The maximum Gasteiger partial charge on any atom is 0.224 e. The maximum absolute atomic E-state index is 11.4. The first-order valence-corrected chi connectivity index (χ1v) is 7.90. The molecule has 0 fully saturated rings. The number of rotatable bonds is 3. The van der Waals surface area contributed by atoms with E-state index in [4.69, 9.17) is 23.2 Å². The normalized spacial score (nSPS) is 17.8. The van der Waals surface area contributed by atoms with Crippen LogP contribution in [0.2, 0.25) is 5.02 Å². The summed E-state index contributed by atoms with van der Waals surface area (Å²) in [7, 11) is -3.60. The molecule has 0 amide bonds. The predicted molar refractivity (Wildman–Crippen MR) is 73.9 cm³/mol. The van der Waals surface area contributed by atoms with Gasteiger partial charge in [0, 0.05) is 11.3 Å². The number of alkyl halides is 2. The molecule has 1 rings (SSSR count). The molecule has 0 aliphatic heterocycles. The molecule has 16 heavy (non-hydrogen) atoms. The molecule has 0 radical (unpaired) electrons. The van der Waals surface area contributed by atoms with E-state index in [1.54, 1.807) is 18.2 Å². The van der Waals surface area contributed by atoms with Crippen LogP contribution in [0.3, 0.4) is 0 Å². The summed E-state index contributed by atoms with van der Waals surface area (Å²) < 4.78 is 21.0. The van der Waals surface area contributed by atoms with Crippen molar-refractivity contribution in [1.29, 1.82) is 0 Å². The minimum Gasteiger partial charge on any atom is -0.385 e. The van der Waals surface area contributed by atoms with Gasteiger partial charge in [-0.05, 0) is 40.3 Å². The number of hydrogen-bond acceptors (Lipinski definition) is 3. The number of aliphatic hydroxyl groups is 1. The monoisotopic (exact) mass is 394 g/mol. The lowest BCUT2D eigenvalue weighted by atomic mass is 10.1. The largest absolute Gasteiger partial charge is 0.385 e. The van der Waals surface area contributed by atoms with Crippen LogP contribution in [0, 0.1) is 0 Å². The van der Waals surface area contributed by atoms with Crippen molar-refractivity contribution in [2.75, 3.05) is 6.26 Å². The molecule has 0 bridgehead atoms. The summed E-state index contributed by atoms with van der Waals surface area (Å²) in [5.41, 5.74) is 0.363. The molecule has 0 unspecified atom stereocenters. The highest BCUT2D eigenvalue weighted by Gasteiger charge is 2.44. The smallest absolute Gasteiger partial charge is 0.224 e. The molecule has 0 heterocycles. The van der Waals surface area contributed by atoms with Crippen molar-refractivity contribution >= 4 is 55.6 Å². The average Bonchev–Trinajstić information content (AvgIpc) is 2.14. The second-order valence-corrected chi connectivity index (χ2v) is 9.81. The van der Waals surface area contributed by atoms with Crippen molar-refractivity contribution in [3.63, 3.8) is 0 Å². The fourth-order valence-corrected chi connectivity index (χ4v) is 2.30. The molecule has 3 nitrogen and oxygen atoms in total. The zero-order valence-electron chi connectivity index (χ0n) is 8.19. The number of sulfone groups is 1. The van der Waals surface area contributed by atoms with Crippen LogP contribution >= 0.6 is 45.8 Å². The van der Waals surface area contributed by atoms with Gasteiger partial charge in [-0.2, -0.15) is 0 Å². The molecule has 1 aromatic carbocycles. The highest BCUT2D eigenvalue weighted by atomic mass is 127. The zero-order valence-corrected chi connectivity index (χ0v) is 12.7. The third-order valence-electron chi connectivity index (χ3n) is 1.98. The Labute approximate surface area is 118 Å². The third kappa shape index (κ3) is 3.01. The van der Waals surface area contributed by atoms with E-state index in [-0.39, 0.29) is 0 Å². The Hall–Kier alpha value is 0.440. The Bertz CT molecular complexity index is 487. The van der Waals surface area contributed by atoms with Crippen LogP contribution < -0.4 is 0 Å². The van der Waals surface area contributed by atoms with Crippen LogP contribution in [-0.2, 0) is 9.84 Å². The highest BCUT2D eigenvalue weighted by molar-refractivity contribution is 14.1. The van der Waals surface area contributed by atoms with E-state index in [0.29, 0.717) is 10.6 Å². The van der Waals surface area contributed by atoms with Gasteiger partial charge in [-0.15, -0.1) is 0 Å². The third-order valence-corrected chi connectivity index (χ3v) is 7.46. The van der Waals surface area contributed by atoms with E-state index in [2.05, 4.69) is 0 Å². The average molecular weight is 395 g/mol. The van der Waals surface area contributed by atoms with Gasteiger partial charge in [-0.1, -0.05) is 35.3 Å². The van der Waals surface area contributed by atoms with Gasteiger partial charge >= 0.3 is 0 Å². The summed E-state index contributed by atoms with van der Waals surface area (Å²) in [6.45, 7) is 0. The van der Waals surface area contributed by atoms with Crippen molar-refractivity contribution in [2.24, 2.45) is 0 Å². The number of benzene rings is 1. The van der Waals surface area contributed by atoms with E-state index < -0.39 is 18.2 Å². The quantitative estimate of drug-likeness (QED) is 0.633. The van der Waals surface area contributed by atoms with Crippen molar-refractivity contribution < 1.29 is 13.5 Å². The van der Waals surface area contributed by atoms with Crippen LogP contribution in [0.5, 0.6) is 0 Å². The Kier molecular flexibility index (Phi) is 4.51. The zero-order chi connectivity index (χ0) is 12.6. The number of halogens is 3. The summed E-state index contributed by atoms with van der Waals surface area (Å²) in [6, 6.07) is 6.29. The lowest BCUT2D eigenvalue weighted by Crippen LogP contribution is -2.31. The molecular formula is C9H9Cl2IO3S. The van der Waals surface area contributed by atoms with Gasteiger partial charge in [0.05, 0.1) is 0 Å². The summed E-state index contributed by atoms with van der Waals surface area (Å²) >= 11 is 13.1. The summed E-state index contributed by atoms with van der Waals surface area (Å²) in [5, 5.41) is 10.3. The van der Waals surface area contributed by atoms with E-state index in [0.717, 1.165) is 6.26 Å². The minimum absolute atomic E-state index is 0.363. The minimum atomic E-state index is -3.60. The standard InChI is InChI=1S/C9H9Cl2IO3S/c1-16(14,15)9(11,12)8(13)6-3-2-4-7(10)5-6/h2-5,8,13H,1H3/t8-,9-/m0/s1. The van der Waals surface area contributed by atoms with Crippen molar-refractivity contribution in [3.05, 3.63) is 34.9 Å². The van der Waals surface area contributed by atoms with Crippen LogP contribution in [0.1, 0.15) is 11.7 Å². The van der Waals surface area contributed by atoms with Gasteiger partial charge in [0.1, 0.15) is 6.10 Å². The SMILES string of the molecule is CS(=O)(=O)[C@@](Cl)(I)[C@@H](O)c1cccc(Cl)c1. The summed E-state index contributed by atoms with van der Waals surface area (Å²) in [4.78, 5) is 0. The molecule has 0 aliphatic rings. The number of hydrogen-bond donors (Lipinski definition) is 1. The van der Waals surface area contributed by atoms with Crippen molar-refractivity contribution in [1.82, 2.24) is 0 Å². The van der Waals surface area contributed by atoms with Crippen molar-refractivity contribution in [2.45, 2.75) is 8.32 Å². The molecule has 0 saturated heterocycles. The first-order valence-electron chi connectivity index (χ1n) is 4.17. The predicted octanol–water partition coefficient (Wildman–Crippen LogP) is 2.75. The Morgan fingerprint density at radius 1 is 1.50 bits per heavy atom. The Morgan fingerprint density at radius 2 is 2.06 bits per heavy atom. The molecule has 0 saturated carbocycles. The van der Waals surface area contributed by atoms with Gasteiger partial charge < -0.3 is 5.11 Å². The molecule has 2 atom stereocenters. The second-order valence-electron chi connectivity index (χ2n) is 3.29. The van der Waals surface area contributed by atoms with Gasteiger partial charge in [0.15, 0.2) is 9.84 Å². The van der Waals surface area contributed by atoms with Crippen LogP contribution in [0.15, 0.2) is 24.3 Å². The van der Waals surface area contributed by atoms with Crippen LogP contribution in [0.25, 0.3) is 0 Å². The molecule has 1 N–H and O–H groups in total. The molecule has 90 valence electrons. The first-order chi connectivity index (χ1) is 7.16. The molecule has 1 aromatic rings. The van der Waals surface area contributed by atoms with Crippen molar-refractivity contribution in [3.8, 4) is 0 Å². The lowest BCUT2D eigenvalue weighted by molar-refractivity contribution is 0.188. The van der Waals surface area contributed by atoms with Gasteiger partial charge in [0.2, 0.25) is 2.21 Å². The molecule has 0 aliphatic carbocycles. The fraction of sp³-hybridized carbons (Fsp3) is 0.333. The van der Waals surface area contributed by atoms with Gasteiger partial charge in [-0.3, -0.25) is 0 Å². The maximum atomic E-state index is 11.4. The summed E-state index contributed by atoms with van der Waals surface area (Å²) in [5.74, 6) is 0. The molecule has 0 aromatic heterocycles. The van der Waals surface area contributed by atoms with Gasteiger partial charge in [-0.25, -0.2) is 8.42 Å². The Balaban J connectivity index is 3.17. The van der Waals surface area contributed by atoms with Crippen LogP contribution in [0.4, 0.5) is 0 Å². The number of aliphatic hydroxyl groups excluding tert-OH is 1. The van der Waals surface area contributed by atoms with E-state index in [9.17, 15) is 13.5 Å². The first kappa shape index (κ1) is 14.5. The lowest BCUT2D eigenvalue weighted by Gasteiger charge is -2.24. The summed E-state index contributed by atoms with van der Waals surface area (Å²) in [6.07, 6.45) is -0.372. The molecule has 7 heteroatoms. The van der Waals surface area contributed by atoms with E-state index in [1.807, 2.05) is 0 Å². The van der Waals surface area contributed by atoms with E-state index >= 15 is 0 Å². The topological polar surface area (TPSA) is 54.4 Å². The molecular weight excluding hydrogens is 386 g/mol.